The average Bonchev–Trinajstić information content (AvgIpc) is 3.50. The molecule has 5 nitrogen and oxygen atoms in total. The predicted octanol–water partition coefficient (Wildman–Crippen LogP) is 6.33. The maximum Gasteiger partial charge on any atom is 0.322 e. The molecule has 3 aromatic rings. The Morgan fingerprint density at radius 2 is 1.79 bits per heavy atom. The molecule has 0 aliphatic carbocycles. The molecule has 0 unspecified atom stereocenters. The third kappa shape index (κ3) is 6.43. The minimum atomic E-state index is -0.0469. The third-order valence-electron chi connectivity index (χ3n) is 6.78. The van der Waals surface area contributed by atoms with Crippen molar-refractivity contribution in [2.75, 3.05) is 31.5 Å². The van der Waals surface area contributed by atoms with Crippen molar-refractivity contribution < 1.29 is 4.79 Å². The van der Waals surface area contributed by atoms with Gasteiger partial charge in [0.1, 0.15) is 0 Å². The van der Waals surface area contributed by atoms with E-state index < -0.39 is 0 Å². The van der Waals surface area contributed by atoms with Crippen molar-refractivity contribution in [2.45, 2.75) is 46.2 Å². The molecule has 0 bridgehead atoms. The van der Waals surface area contributed by atoms with Crippen molar-refractivity contribution >= 4 is 23.3 Å². The number of nitrogens with zero attached hydrogens (tertiary/aromatic N) is 3. The molecule has 0 spiro atoms. The number of anilines is 1. The number of amides is 2. The Morgan fingerprint density at radius 3 is 2.56 bits per heavy atom. The van der Waals surface area contributed by atoms with Crippen molar-refractivity contribution in [1.82, 2.24) is 14.4 Å². The number of likely N-dealkylation sites (tertiary alicyclic amines) is 1. The van der Waals surface area contributed by atoms with E-state index in [4.69, 9.17) is 11.6 Å². The van der Waals surface area contributed by atoms with Crippen molar-refractivity contribution in [3.05, 3.63) is 88.2 Å². The van der Waals surface area contributed by atoms with Gasteiger partial charge < -0.3 is 19.7 Å². The van der Waals surface area contributed by atoms with Crippen molar-refractivity contribution in [3.63, 3.8) is 0 Å². The molecule has 0 atom stereocenters. The molecule has 2 amide bonds. The monoisotopic (exact) mass is 478 g/mol. The first-order chi connectivity index (χ1) is 16.5. The molecule has 180 valence electrons. The number of halogens is 1. The number of hydrogen-bond acceptors (Lipinski definition) is 2. The Bertz CT molecular complexity index is 1090. The summed E-state index contributed by atoms with van der Waals surface area (Å²) < 4.78 is 2.21. The van der Waals surface area contributed by atoms with Crippen LogP contribution in [-0.2, 0) is 13.1 Å². The molecule has 1 fully saturated rings. The Hall–Kier alpha value is -2.76. The lowest BCUT2D eigenvalue weighted by molar-refractivity contribution is 0.202. The lowest BCUT2D eigenvalue weighted by Gasteiger charge is -2.26. The fraction of sp³-hybridized carbons (Fsp3) is 0.393. The van der Waals surface area contributed by atoms with Crippen LogP contribution in [-0.4, -0.2) is 46.6 Å². The molecule has 1 N–H and O–H groups in total. The maximum absolute atomic E-state index is 13.4. The summed E-state index contributed by atoms with van der Waals surface area (Å²) in [6.45, 7) is 9.56. The van der Waals surface area contributed by atoms with Crippen molar-refractivity contribution in [1.29, 1.82) is 0 Å². The molecule has 2 heterocycles. The summed E-state index contributed by atoms with van der Waals surface area (Å²) in [5.41, 5.74) is 5.47. The molecule has 1 saturated heterocycles. The van der Waals surface area contributed by atoms with E-state index in [1.165, 1.54) is 37.1 Å². The van der Waals surface area contributed by atoms with Crippen LogP contribution in [0.1, 0.15) is 41.6 Å². The molecular weight excluding hydrogens is 444 g/mol. The molecular formula is C28H35ClN4O. The minimum Gasteiger partial charge on any atom is -0.345 e. The first-order valence-corrected chi connectivity index (χ1v) is 12.6. The van der Waals surface area contributed by atoms with Gasteiger partial charge in [0.05, 0.1) is 6.54 Å². The summed E-state index contributed by atoms with van der Waals surface area (Å²) >= 11 is 6.05. The number of benzene rings is 2. The lowest BCUT2D eigenvalue weighted by Crippen LogP contribution is -2.37. The third-order valence-corrected chi connectivity index (χ3v) is 7.03. The van der Waals surface area contributed by atoms with Crippen LogP contribution >= 0.6 is 11.6 Å². The zero-order valence-electron chi connectivity index (χ0n) is 20.3. The van der Waals surface area contributed by atoms with Gasteiger partial charge in [-0.3, -0.25) is 0 Å². The maximum atomic E-state index is 13.4. The largest absolute Gasteiger partial charge is 0.345 e. The van der Waals surface area contributed by atoms with E-state index in [-0.39, 0.29) is 6.03 Å². The number of aryl methyl sites for hydroxylation is 1. The summed E-state index contributed by atoms with van der Waals surface area (Å²) in [7, 11) is 0. The zero-order chi connectivity index (χ0) is 23.9. The van der Waals surface area contributed by atoms with E-state index in [0.29, 0.717) is 6.54 Å². The molecule has 1 aliphatic heterocycles. The van der Waals surface area contributed by atoms with E-state index in [0.717, 1.165) is 48.0 Å². The molecule has 2 aromatic carbocycles. The van der Waals surface area contributed by atoms with Crippen molar-refractivity contribution in [3.8, 4) is 0 Å². The Balaban J connectivity index is 1.47. The van der Waals surface area contributed by atoms with E-state index in [9.17, 15) is 4.79 Å². The Kier molecular flexibility index (Phi) is 8.30. The second-order valence-electron chi connectivity index (χ2n) is 9.26. The molecule has 1 aromatic heterocycles. The van der Waals surface area contributed by atoms with Crippen LogP contribution in [0.2, 0.25) is 5.02 Å². The SMILES string of the molecule is Cc1cccc(NC(=O)N(CCCN2CCCC2)Cc2cccn2Cc2ccc(Cl)cc2)c1C. The highest BCUT2D eigenvalue weighted by molar-refractivity contribution is 6.30. The molecule has 6 heteroatoms. The van der Waals surface area contributed by atoms with E-state index in [2.05, 4.69) is 53.0 Å². The van der Waals surface area contributed by atoms with E-state index >= 15 is 0 Å². The van der Waals surface area contributed by atoms with Gasteiger partial charge in [0, 0.05) is 35.7 Å². The number of urea groups is 1. The molecule has 1 aliphatic rings. The molecule has 0 saturated carbocycles. The van der Waals surface area contributed by atoms with Crippen LogP contribution in [0, 0.1) is 13.8 Å². The number of nitrogens with one attached hydrogen (secondary N) is 1. The fourth-order valence-electron chi connectivity index (χ4n) is 4.55. The van der Waals surface area contributed by atoms with Crippen LogP contribution < -0.4 is 5.32 Å². The van der Waals surface area contributed by atoms with Crippen LogP contribution in [0.25, 0.3) is 0 Å². The molecule has 4 rings (SSSR count). The highest BCUT2D eigenvalue weighted by atomic mass is 35.5. The molecule has 34 heavy (non-hydrogen) atoms. The summed E-state index contributed by atoms with van der Waals surface area (Å²) in [4.78, 5) is 17.9. The standard InChI is InChI=1S/C28H35ClN4O/c1-22-8-5-10-27(23(22)2)30-28(34)33(19-7-17-31-15-3-4-16-31)21-26-9-6-18-32(26)20-24-11-13-25(29)14-12-24/h5-6,8-14,18H,3-4,7,15-17,19-21H2,1-2H3,(H,30,34). The number of rotatable bonds is 9. The number of hydrogen-bond donors (Lipinski definition) is 1. The van der Waals surface area contributed by atoms with Gasteiger partial charge in [0.25, 0.3) is 0 Å². The summed E-state index contributed by atoms with van der Waals surface area (Å²) in [6, 6.07) is 18.1. The van der Waals surface area contributed by atoms with Crippen LogP contribution in [0.4, 0.5) is 10.5 Å². The quantitative estimate of drug-likeness (QED) is 0.390. The van der Waals surface area contributed by atoms with Gasteiger partial charge in [0.2, 0.25) is 0 Å². The Morgan fingerprint density at radius 1 is 1.03 bits per heavy atom. The van der Waals surface area contributed by atoms with Gasteiger partial charge in [-0.15, -0.1) is 0 Å². The highest BCUT2D eigenvalue weighted by Crippen LogP contribution is 2.20. The second kappa shape index (κ2) is 11.6. The first-order valence-electron chi connectivity index (χ1n) is 12.2. The minimum absolute atomic E-state index is 0.0469. The highest BCUT2D eigenvalue weighted by Gasteiger charge is 2.18. The molecule has 0 radical (unpaired) electrons. The normalized spacial score (nSPS) is 13.9. The van der Waals surface area contributed by atoms with Gasteiger partial charge >= 0.3 is 6.03 Å². The van der Waals surface area contributed by atoms with Crippen LogP contribution in [0.5, 0.6) is 0 Å². The fourth-order valence-corrected chi connectivity index (χ4v) is 4.68. The lowest BCUT2D eigenvalue weighted by atomic mass is 10.1. The van der Waals surface area contributed by atoms with Crippen LogP contribution in [0.3, 0.4) is 0 Å². The summed E-state index contributed by atoms with van der Waals surface area (Å²) in [5.74, 6) is 0. The van der Waals surface area contributed by atoms with Gasteiger partial charge in [0.15, 0.2) is 0 Å². The predicted molar refractivity (Wildman–Crippen MR) is 141 cm³/mol. The summed E-state index contributed by atoms with van der Waals surface area (Å²) in [5, 5.41) is 3.91. The zero-order valence-corrected chi connectivity index (χ0v) is 21.0. The van der Waals surface area contributed by atoms with Crippen molar-refractivity contribution in [2.24, 2.45) is 0 Å². The number of aromatic nitrogens is 1. The second-order valence-corrected chi connectivity index (χ2v) is 9.69. The smallest absolute Gasteiger partial charge is 0.322 e. The van der Waals surface area contributed by atoms with Gasteiger partial charge in [-0.25, -0.2) is 4.79 Å². The average molecular weight is 479 g/mol. The Labute approximate surface area is 208 Å². The summed E-state index contributed by atoms with van der Waals surface area (Å²) in [6.07, 6.45) is 5.62. The van der Waals surface area contributed by atoms with E-state index in [1.807, 2.05) is 41.3 Å². The van der Waals surface area contributed by atoms with Crippen LogP contribution in [0.15, 0.2) is 60.8 Å². The van der Waals surface area contributed by atoms with Gasteiger partial charge in [-0.2, -0.15) is 0 Å². The number of carbonyl (C=O) groups excluding carboxylic acids is 1. The van der Waals surface area contributed by atoms with Gasteiger partial charge in [-0.05, 0) is 99.8 Å². The number of carbonyl (C=O) groups is 1. The van der Waals surface area contributed by atoms with Gasteiger partial charge in [-0.1, -0.05) is 35.9 Å². The first kappa shape index (κ1) is 24.4. The van der Waals surface area contributed by atoms with E-state index in [1.54, 1.807) is 0 Å². The topological polar surface area (TPSA) is 40.5 Å².